The first-order valence-electron chi connectivity index (χ1n) is 16.2. The van der Waals surface area contributed by atoms with Gasteiger partial charge in [-0.05, 0) is 71.0 Å². The van der Waals surface area contributed by atoms with Crippen LogP contribution in [0, 0.1) is 0 Å². The maximum absolute atomic E-state index is 12.9. The Kier molecular flexibility index (Phi) is 11.0. The number of carbonyl (C=O) groups is 1. The van der Waals surface area contributed by atoms with E-state index in [1.54, 1.807) is 31.5 Å². The molecule has 4 rings (SSSR count). The van der Waals surface area contributed by atoms with Crippen LogP contribution in [0.25, 0.3) is 22.3 Å². The Hall–Kier alpha value is -4.23. The number of carbonyl (C=O) groups excluding carboxylic acids is 1. The topological polar surface area (TPSA) is 126 Å². The number of hydrogen-bond donors (Lipinski definition) is 1. The van der Waals surface area contributed by atoms with Crippen LogP contribution in [0.5, 0.6) is 11.5 Å². The molecular weight excluding hydrogens is 627 g/mol. The molecule has 0 spiro atoms. The van der Waals surface area contributed by atoms with Gasteiger partial charge in [0.2, 0.25) is 0 Å². The fourth-order valence-corrected chi connectivity index (χ4v) is 6.04. The summed E-state index contributed by atoms with van der Waals surface area (Å²) >= 11 is 0. The predicted molar refractivity (Wildman–Crippen MR) is 192 cm³/mol. The molecule has 13 heteroatoms. The third-order valence-corrected chi connectivity index (χ3v) is 12.7. The lowest BCUT2D eigenvalue weighted by atomic mass is 10.1. The molecule has 4 aromatic rings. The zero-order valence-corrected chi connectivity index (χ0v) is 31.4. The van der Waals surface area contributed by atoms with Gasteiger partial charge in [-0.15, -0.1) is 0 Å². The summed E-state index contributed by atoms with van der Waals surface area (Å²) in [5, 5.41) is 8.88. The molecule has 1 N–H and O–H groups in total. The maximum atomic E-state index is 12.9. The van der Waals surface area contributed by atoms with E-state index in [9.17, 15) is 4.79 Å². The van der Waals surface area contributed by atoms with Gasteiger partial charge in [-0.2, -0.15) is 5.10 Å². The first-order valence-corrected chi connectivity index (χ1v) is 19.1. The van der Waals surface area contributed by atoms with Crippen molar-refractivity contribution in [2.24, 2.45) is 0 Å². The van der Waals surface area contributed by atoms with Crippen LogP contribution < -0.4 is 14.8 Å². The van der Waals surface area contributed by atoms with E-state index in [2.05, 4.69) is 68.1 Å². The summed E-state index contributed by atoms with van der Waals surface area (Å²) in [5.74, 6) is 1.19. The number of anilines is 2. The van der Waals surface area contributed by atoms with Gasteiger partial charge in [-0.25, -0.2) is 24.4 Å². The number of nitrogens with zero attached hydrogens (tertiary/aromatic N) is 6. The molecule has 1 amide bonds. The summed E-state index contributed by atoms with van der Waals surface area (Å²) in [7, 11) is 1.11. The van der Waals surface area contributed by atoms with E-state index in [1.165, 1.54) is 6.33 Å². The fourth-order valence-electron chi connectivity index (χ4n) is 4.71. The van der Waals surface area contributed by atoms with Gasteiger partial charge >= 0.3 is 6.09 Å². The summed E-state index contributed by atoms with van der Waals surface area (Å²) in [5.41, 5.74) is 3.18. The molecule has 260 valence electrons. The van der Waals surface area contributed by atoms with Crippen LogP contribution in [0.3, 0.4) is 0 Å². The maximum Gasteiger partial charge on any atom is 0.410 e. The number of ether oxygens (including phenoxy) is 3. The highest BCUT2D eigenvalue weighted by atomic mass is 28.4. The molecule has 0 saturated carbocycles. The summed E-state index contributed by atoms with van der Waals surface area (Å²) in [4.78, 5) is 27.8. The average molecular weight is 678 g/mol. The number of amides is 1. The van der Waals surface area contributed by atoms with Crippen molar-refractivity contribution in [2.75, 3.05) is 32.6 Å². The molecule has 0 aliphatic carbocycles. The molecule has 12 nitrogen and oxygen atoms in total. The molecule has 0 radical (unpaired) electrons. The molecule has 0 bridgehead atoms. The van der Waals surface area contributed by atoms with Gasteiger partial charge in [0.05, 0.1) is 60.8 Å². The van der Waals surface area contributed by atoms with Gasteiger partial charge in [0.15, 0.2) is 14.0 Å². The molecule has 48 heavy (non-hydrogen) atoms. The molecule has 0 saturated heterocycles. The van der Waals surface area contributed by atoms with Gasteiger partial charge in [0, 0.05) is 24.7 Å². The van der Waals surface area contributed by atoms with E-state index in [4.69, 9.17) is 23.6 Å². The fraction of sp³-hybridized carbons (Fsp3) is 0.514. The van der Waals surface area contributed by atoms with Crippen molar-refractivity contribution in [3.63, 3.8) is 0 Å². The lowest BCUT2D eigenvalue weighted by Crippen LogP contribution is -2.49. The second kappa shape index (κ2) is 14.5. The van der Waals surface area contributed by atoms with E-state index in [-0.39, 0.29) is 17.7 Å². The molecule has 1 atom stereocenters. The molecule has 1 unspecified atom stereocenters. The third-order valence-electron chi connectivity index (χ3n) is 8.19. The van der Waals surface area contributed by atoms with E-state index in [0.717, 1.165) is 28.0 Å². The predicted octanol–water partition coefficient (Wildman–Crippen LogP) is 7.86. The minimum atomic E-state index is -2.23. The van der Waals surface area contributed by atoms with Gasteiger partial charge in [0.25, 0.3) is 0 Å². The van der Waals surface area contributed by atoms with E-state index in [0.29, 0.717) is 23.7 Å². The molecule has 0 aliphatic rings. The van der Waals surface area contributed by atoms with Gasteiger partial charge in [-0.3, -0.25) is 0 Å². The summed E-state index contributed by atoms with van der Waals surface area (Å²) in [6.07, 6.45) is 5.91. The molecule has 1 aromatic carbocycles. The molecular formula is C35H51N7O5Si. The number of rotatable bonds is 12. The molecule has 0 aliphatic heterocycles. The van der Waals surface area contributed by atoms with Gasteiger partial charge in [-0.1, -0.05) is 20.8 Å². The molecule has 3 heterocycles. The Balaban J connectivity index is 1.68. The van der Waals surface area contributed by atoms with E-state index < -0.39 is 26.1 Å². The molecule has 0 fully saturated rings. The number of fused-ring (bicyclic) bond motifs is 1. The van der Waals surface area contributed by atoms with E-state index >= 15 is 0 Å². The van der Waals surface area contributed by atoms with Crippen LogP contribution in [-0.2, 0) is 9.16 Å². The second-order valence-electron chi connectivity index (χ2n) is 14.8. The van der Waals surface area contributed by atoms with Crippen LogP contribution in [0.15, 0.2) is 49.2 Å². The quantitative estimate of drug-likeness (QED) is 0.148. The smallest absolute Gasteiger partial charge is 0.410 e. The highest BCUT2D eigenvalue weighted by Gasteiger charge is 2.40. The number of pyridine rings is 1. The first kappa shape index (κ1) is 36.6. The standard InChI is InChI=1S/C35H51N7O5Si/c1-23(2)42-32-29(19-38-42)31(39-25-17-36-22-37-18-25)16-30(40-32)24-13-26(44-10)15-27(14-24)45-21-28(47-48(11,12)35(6,7)8)20-41(9)33(43)46-34(3,4)5/h13-19,22-23,28H,20-21H2,1-12H3,(H,39,40). The largest absolute Gasteiger partial charge is 0.497 e. The third kappa shape index (κ3) is 9.22. The highest BCUT2D eigenvalue weighted by Crippen LogP contribution is 2.38. The Morgan fingerprint density at radius 3 is 2.27 bits per heavy atom. The summed E-state index contributed by atoms with van der Waals surface area (Å²) in [6.45, 7) is 21.1. The van der Waals surface area contributed by atoms with Crippen LogP contribution in [0.2, 0.25) is 18.1 Å². The highest BCUT2D eigenvalue weighted by molar-refractivity contribution is 6.74. The van der Waals surface area contributed by atoms with Crippen molar-refractivity contribution in [2.45, 2.75) is 91.3 Å². The number of aromatic nitrogens is 5. The number of benzene rings is 1. The van der Waals surface area contributed by atoms with Crippen LogP contribution in [-0.4, -0.2) is 83.1 Å². The summed E-state index contributed by atoms with van der Waals surface area (Å²) < 4.78 is 26.4. The summed E-state index contributed by atoms with van der Waals surface area (Å²) in [6, 6.07) is 7.76. The van der Waals surface area contributed by atoms with Crippen molar-refractivity contribution in [3.05, 3.63) is 49.2 Å². The Bertz CT molecular complexity index is 1700. The average Bonchev–Trinajstić information content (AvgIpc) is 3.43. The Morgan fingerprint density at radius 2 is 1.67 bits per heavy atom. The minimum absolute atomic E-state index is 0.0384. The van der Waals surface area contributed by atoms with E-state index in [1.807, 2.05) is 55.9 Å². The Labute approximate surface area is 285 Å². The van der Waals surface area contributed by atoms with Crippen molar-refractivity contribution >= 4 is 36.8 Å². The second-order valence-corrected chi connectivity index (χ2v) is 19.6. The molecule has 3 aromatic heterocycles. The van der Waals surface area contributed by atoms with Crippen LogP contribution >= 0.6 is 0 Å². The van der Waals surface area contributed by atoms with Crippen LogP contribution in [0.1, 0.15) is 61.4 Å². The van der Waals surface area contributed by atoms with Gasteiger partial charge < -0.3 is 28.9 Å². The van der Waals surface area contributed by atoms with Crippen LogP contribution in [0.4, 0.5) is 16.2 Å². The monoisotopic (exact) mass is 677 g/mol. The normalized spacial score (nSPS) is 13.0. The van der Waals surface area contributed by atoms with Crippen molar-refractivity contribution in [1.29, 1.82) is 0 Å². The number of hydrogen-bond acceptors (Lipinski definition) is 10. The van der Waals surface area contributed by atoms with Gasteiger partial charge in [0.1, 0.15) is 30.0 Å². The Morgan fingerprint density at radius 1 is 1.00 bits per heavy atom. The number of methoxy groups -OCH3 is 1. The van der Waals surface area contributed by atoms with Crippen molar-refractivity contribution in [3.8, 4) is 22.8 Å². The van der Waals surface area contributed by atoms with Crippen molar-refractivity contribution in [1.82, 2.24) is 29.6 Å². The zero-order valence-electron chi connectivity index (χ0n) is 30.4. The first-order chi connectivity index (χ1) is 22.4. The lowest BCUT2D eigenvalue weighted by molar-refractivity contribution is 0.0172. The number of likely N-dealkylation sites (N-methyl/N-ethyl adjacent to an activating group) is 1. The lowest BCUT2D eigenvalue weighted by Gasteiger charge is -2.40. The zero-order chi connectivity index (χ0) is 35.4. The minimum Gasteiger partial charge on any atom is -0.497 e. The number of nitrogens with one attached hydrogen (secondary N) is 1. The SMILES string of the molecule is COc1cc(OCC(CN(C)C(=O)OC(C)(C)C)O[Si](C)(C)C(C)(C)C)cc(-c2cc(Nc3cncnc3)c3cnn(C(C)C)c3n2)c1. The van der Waals surface area contributed by atoms with Crippen molar-refractivity contribution < 1.29 is 23.4 Å².